The largest absolute Gasteiger partial charge is 0.330 e. The molecule has 0 saturated heterocycles. The van der Waals surface area contributed by atoms with Crippen molar-refractivity contribution in [3.8, 4) is 0 Å². The molecule has 3 rings (SSSR count). The summed E-state index contributed by atoms with van der Waals surface area (Å²) in [7, 11) is -3.17. The lowest BCUT2D eigenvalue weighted by molar-refractivity contribution is 0.602. The Balaban J connectivity index is 1.88. The van der Waals surface area contributed by atoms with Gasteiger partial charge < -0.3 is 4.57 Å². The lowest BCUT2D eigenvalue weighted by Gasteiger charge is -2.18. The van der Waals surface area contributed by atoms with E-state index in [1.807, 2.05) is 24.5 Å². The maximum Gasteiger partial charge on any atom is 0.175 e. The first-order valence-corrected chi connectivity index (χ1v) is 10.5. The Morgan fingerprint density at radius 1 is 1.08 bits per heavy atom. The highest BCUT2D eigenvalue weighted by atomic mass is 32.2. The average Bonchev–Trinajstić information content (AvgIpc) is 3.04. The van der Waals surface area contributed by atoms with Crippen molar-refractivity contribution in [3.63, 3.8) is 0 Å². The predicted octanol–water partition coefficient (Wildman–Crippen LogP) is 4.10. The number of sulfone groups is 1. The van der Waals surface area contributed by atoms with E-state index in [9.17, 15) is 8.42 Å². The van der Waals surface area contributed by atoms with Gasteiger partial charge in [-0.3, -0.25) is 0 Å². The molecular weight excluding hydrogens is 344 g/mol. The number of benzene rings is 2. The molecule has 0 saturated carbocycles. The first-order valence-electron chi connectivity index (χ1n) is 8.63. The van der Waals surface area contributed by atoms with E-state index in [0.717, 1.165) is 11.4 Å². The summed E-state index contributed by atoms with van der Waals surface area (Å²) in [6.45, 7) is 7.11. The number of hydrogen-bond donors (Lipinski definition) is 0. The molecule has 0 aliphatic carbocycles. The lowest BCUT2D eigenvalue weighted by atomic mass is 9.93. The molecule has 3 aromatic rings. The molecule has 2 aromatic carbocycles. The third kappa shape index (κ3) is 3.73. The summed E-state index contributed by atoms with van der Waals surface area (Å²) in [5, 5.41) is 0. The van der Waals surface area contributed by atoms with E-state index < -0.39 is 9.84 Å². The van der Waals surface area contributed by atoms with E-state index in [-0.39, 0.29) is 5.92 Å². The molecular formula is C21H24N2O2S. The van der Waals surface area contributed by atoms with Crippen LogP contribution in [0.25, 0.3) is 0 Å². The van der Waals surface area contributed by atoms with Crippen LogP contribution in [-0.4, -0.2) is 24.2 Å². The van der Waals surface area contributed by atoms with E-state index >= 15 is 0 Å². The minimum absolute atomic E-state index is 0.181. The molecule has 0 aliphatic rings. The van der Waals surface area contributed by atoms with Crippen molar-refractivity contribution < 1.29 is 8.42 Å². The minimum atomic E-state index is -3.17. The molecule has 0 fully saturated rings. The molecule has 1 atom stereocenters. The monoisotopic (exact) mass is 368 g/mol. The number of hydrogen-bond acceptors (Lipinski definition) is 3. The van der Waals surface area contributed by atoms with E-state index in [4.69, 9.17) is 0 Å². The van der Waals surface area contributed by atoms with Gasteiger partial charge in [0.2, 0.25) is 0 Å². The third-order valence-electron chi connectivity index (χ3n) is 4.95. The number of imidazole rings is 1. The van der Waals surface area contributed by atoms with Gasteiger partial charge in [-0.1, -0.05) is 37.3 Å². The molecule has 0 aliphatic heterocycles. The second-order valence-corrected chi connectivity index (χ2v) is 8.86. The van der Waals surface area contributed by atoms with Crippen LogP contribution in [0.15, 0.2) is 59.8 Å². The maximum absolute atomic E-state index is 11.6. The Hall–Kier alpha value is -2.40. The molecule has 136 valence electrons. The predicted molar refractivity (Wildman–Crippen MR) is 104 cm³/mol. The van der Waals surface area contributed by atoms with Gasteiger partial charge in [0.05, 0.1) is 4.90 Å². The Morgan fingerprint density at radius 3 is 2.42 bits per heavy atom. The molecule has 0 bridgehead atoms. The highest BCUT2D eigenvalue weighted by molar-refractivity contribution is 7.90. The highest BCUT2D eigenvalue weighted by Crippen LogP contribution is 2.27. The molecule has 26 heavy (non-hydrogen) atoms. The van der Waals surface area contributed by atoms with Crippen molar-refractivity contribution in [2.24, 2.45) is 0 Å². The second kappa shape index (κ2) is 7.08. The van der Waals surface area contributed by atoms with Crippen molar-refractivity contribution in [2.75, 3.05) is 6.26 Å². The summed E-state index contributed by atoms with van der Waals surface area (Å²) in [6.07, 6.45) is 5.02. The fourth-order valence-corrected chi connectivity index (χ4v) is 3.89. The molecule has 0 spiro atoms. The number of aromatic nitrogens is 2. The van der Waals surface area contributed by atoms with Crippen molar-refractivity contribution in [3.05, 3.63) is 82.9 Å². The van der Waals surface area contributed by atoms with E-state index in [1.165, 1.54) is 22.9 Å². The summed E-state index contributed by atoms with van der Waals surface area (Å²) in [4.78, 5) is 4.93. The van der Waals surface area contributed by atoms with Gasteiger partial charge in [0.25, 0.3) is 0 Å². The van der Waals surface area contributed by atoms with Gasteiger partial charge in [-0.25, -0.2) is 13.4 Å². The van der Waals surface area contributed by atoms with Crippen molar-refractivity contribution in [1.82, 2.24) is 9.55 Å². The zero-order chi connectivity index (χ0) is 18.9. The number of nitrogens with zero attached hydrogens (tertiary/aromatic N) is 2. The van der Waals surface area contributed by atoms with E-state index in [2.05, 4.69) is 48.5 Å². The Labute approximate surface area is 155 Å². The van der Waals surface area contributed by atoms with Gasteiger partial charge in [-0.15, -0.1) is 0 Å². The van der Waals surface area contributed by atoms with Crippen molar-refractivity contribution in [2.45, 2.75) is 38.1 Å². The van der Waals surface area contributed by atoms with Crippen LogP contribution in [0.1, 0.15) is 40.9 Å². The summed E-state index contributed by atoms with van der Waals surface area (Å²) < 4.78 is 25.3. The van der Waals surface area contributed by atoms with Gasteiger partial charge in [-0.2, -0.15) is 0 Å². The smallest absolute Gasteiger partial charge is 0.175 e. The maximum atomic E-state index is 11.6. The van der Waals surface area contributed by atoms with Crippen LogP contribution >= 0.6 is 0 Å². The summed E-state index contributed by atoms with van der Waals surface area (Å²) in [5.41, 5.74) is 4.91. The Bertz CT molecular complexity index is 1020. The van der Waals surface area contributed by atoms with Crippen LogP contribution < -0.4 is 0 Å². The van der Waals surface area contributed by atoms with Crippen LogP contribution in [0.4, 0.5) is 0 Å². The quantitative estimate of drug-likeness (QED) is 0.681. The normalized spacial score (nSPS) is 12.9. The topological polar surface area (TPSA) is 52.0 Å². The fourth-order valence-electron chi connectivity index (χ4n) is 3.26. The van der Waals surface area contributed by atoms with E-state index in [1.54, 1.807) is 12.1 Å². The third-order valence-corrected chi connectivity index (χ3v) is 6.08. The summed E-state index contributed by atoms with van der Waals surface area (Å²) in [5.74, 6) is 1.19. The standard InChI is InChI=1S/C21H24N2O2S/c1-15-6-5-7-20(16(15)2)17(3)21-22-12-13-23(21)14-18-8-10-19(11-9-18)26(4,24)25/h5-13,17H,14H2,1-4H3/t17-/m0/s1. The van der Waals surface area contributed by atoms with Gasteiger partial charge in [-0.05, 0) is 48.2 Å². The SMILES string of the molecule is Cc1cccc([C@H](C)c2nccn2Cc2ccc(S(C)(=O)=O)cc2)c1C. The van der Waals surface area contributed by atoms with Crippen LogP contribution in [0.2, 0.25) is 0 Å². The Kier molecular flexibility index (Phi) is 5.01. The molecule has 1 heterocycles. The van der Waals surface area contributed by atoms with Gasteiger partial charge in [0.15, 0.2) is 9.84 Å². The minimum Gasteiger partial charge on any atom is -0.330 e. The van der Waals surface area contributed by atoms with Gasteiger partial charge in [0, 0.05) is 31.1 Å². The highest BCUT2D eigenvalue weighted by Gasteiger charge is 2.17. The summed E-state index contributed by atoms with van der Waals surface area (Å²) in [6, 6.07) is 13.4. The van der Waals surface area contributed by atoms with Crippen LogP contribution in [0, 0.1) is 13.8 Å². The number of aryl methyl sites for hydroxylation is 1. The molecule has 4 nitrogen and oxygen atoms in total. The zero-order valence-electron chi connectivity index (χ0n) is 15.6. The summed E-state index contributed by atoms with van der Waals surface area (Å²) >= 11 is 0. The average molecular weight is 369 g/mol. The fraction of sp³-hybridized carbons (Fsp3) is 0.286. The lowest BCUT2D eigenvalue weighted by Crippen LogP contribution is -2.10. The first kappa shape index (κ1) is 18.4. The zero-order valence-corrected chi connectivity index (χ0v) is 16.4. The van der Waals surface area contributed by atoms with Gasteiger partial charge in [0.1, 0.15) is 5.82 Å². The number of rotatable bonds is 5. The van der Waals surface area contributed by atoms with Gasteiger partial charge >= 0.3 is 0 Å². The molecule has 1 aromatic heterocycles. The second-order valence-electron chi connectivity index (χ2n) is 6.84. The molecule has 0 amide bonds. The molecule has 5 heteroatoms. The van der Waals surface area contributed by atoms with Crippen molar-refractivity contribution >= 4 is 9.84 Å². The first-order chi connectivity index (χ1) is 12.3. The van der Waals surface area contributed by atoms with Crippen LogP contribution in [-0.2, 0) is 16.4 Å². The molecule has 0 N–H and O–H groups in total. The molecule has 0 radical (unpaired) electrons. The van der Waals surface area contributed by atoms with E-state index in [0.29, 0.717) is 11.4 Å². The van der Waals surface area contributed by atoms with Crippen LogP contribution in [0.5, 0.6) is 0 Å². The van der Waals surface area contributed by atoms with Crippen molar-refractivity contribution in [1.29, 1.82) is 0 Å². The Morgan fingerprint density at radius 2 is 1.77 bits per heavy atom. The molecule has 0 unspecified atom stereocenters. The van der Waals surface area contributed by atoms with Crippen LogP contribution in [0.3, 0.4) is 0 Å².